The molecule has 86 valence electrons. The smallest absolute Gasteiger partial charge is 0.162 e. The molecule has 2 aromatic rings. The van der Waals surface area contributed by atoms with E-state index in [1.165, 1.54) is 6.33 Å². The van der Waals surface area contributed by atoms with E-state index in [1.54, 1.807) is 0 Å². The molecular weight excluding hydrogens is 215 g/mol. The van der Waals surface area contributed by atoms with E-state index in [9.17, 15) is 0 Å². The summed E-state index contributed by atoms with van der Waals surface area (Å²) in [5.41, 5.74) is 6.93. The molecule has 6 nitrogen and oxygen atoms in total. The van der Waals surface area contributed by atoms with Crippen molar-refractivity contribution in [3.8, 4) is 0 Å². The minimum Gasteiger partial charge on any atom is -0.383 e. The molecule has 3 heterocycles. The Hall–Kier alpha value is -1.63. The van der Waals surface area contributed by atoms with Gasteiger partial charge in [0.15, 0.2) is 5.65 Å². The number of fused-ring (bicyclic) bond motifs is 1. The van der Waals surface area contributed by atoms with Gasteiger partial charge in [0, 0.05) is 12.1 Å². The van der Waals surface area contributed by atoms with Crippen LogP contribution in [0.15, 0.2) is 6.33 Å². The van der Waals surface area contributed by atoms with Crippen molar-refractivity contribution in [2.24, 2.45) is 0 Å². The van der Waals surface area contributed by atoms with E-state index in [0.29, 0.717) is 16.8 Å². The number of hydrogen-bond donors (Lipinski definition) is 2. The van der Waals surface area contributed by atoms with Crippen molar-refractivity contribution in [2.45, 2.75) is 18.9 Å². The van der Waals surface area contributed by atoms with Crippen LogP contribution in [-0.2, 0) is 0 Å². The Morgan fingerprint density at radius 3 is 3.12 bits per heavy atom. The fourth-order valence-electron chi connectivity index (χ4n) is 2.32. The summed E-state index contributed by atoms with van der Waals surface area (Å²) in [6, 6.07) is 0.290. The second-order valence-corrected chi connectivity index (χ2v) is 4.29. The normalized spacial score (nSPS) is 20.8. The Kier molecular flexibility index (Phi) is 2.47. The molecule has 0 saturated carbocycles. The topological polar surface area (TPSA) is 81.7 Å². The highest BCUT2D eigenvalue weighted by molar-refractivity contribution is 6.38. The summed E-state index contributed by atoms with van der Waals surface area (Å²) in [7, 11) is 5.87. The maximum atomic E-state index is 5.87. The van der Waals surface area contributed by atoms with Crippen LogP contribution in [0.25, 0.3) is 11.0 Å². The fraction of sp³-hybridized carbons (Fsp3) is 0.500. The molecule has 1 aliphatic rings. The van der Waals surface area contributed by atoms with Crippen LogP contribution in [0.2, 0.25) is 0 Å². The molecule has 1 atom stereocenters. The molecule has 0 aromatic carbocycles. The Balaban J connectivity index is 2.13. The summed E-state index contributed by atoms with van der Waals surface area (Å²) in [6.45, 7) is 1.95. The van der Waals surface area contributed by atoms with Crippen LogP contribution in [0, 0.1) is 0 Å². The highest BCUT2D eigenvalue weighted by Gasteiger charge is 2.20. The molecule has 0 unspecified atom stereocenters. The van der Waals surface area contributed by atoms with Gasteiger partial charge in [0.25, 0.3) is 0 Å². The summed E-state index contributed by atoms with van der Waals surface area (Å²) in [6.07, 6.45) is 3.66. The summed E-state index contributed by atoms with van der Waals surface area (Å²) in [4.78, 5) is 8.18. The van der Waals surface area contributed by atoms with Crippen LogP contribution in [0.3, 0.4) is 0 Å². The number of anilines is 1. The zero-order chi connectivity index (χ0) is 11.8. The molecule has 2 radical (unpaired) electrons. The van der Waals surface area contributed by atoms with Gasteiger partial charge in [-0.25, -0.2) is 14.6 Å². The molecule has 17 heavy (non-hydrogen) atoms. The SMILES string of the molecule is [B]c1nn([C@@H]2CCCNC2)c2ncnc(N)c12. The molecule has 3 N–H and O–H groups in total. The van der Waals surface area contributed by atoms with Gasteiger partial charge in [-0.2, -0.15) is 5.10 Å². The lowest BCUT2D eigenvalue weighted by molar-refractivity contribution is 0.354. The molecule has 7 heteroatoms. The van der Waals surface area contributed by atoms with Gasteiger partial charge in [-0.1, -0.05) is 0 Å². The van der Waals surface area contributed by atoms with Crippen LogP contribution in [-0.4, -0.2) is 40.7 Å². The summed E-state index contributed by atoms with van der Waals surface area (Å²) >= 11 is 0. The number of piperidine rings is 1. The number of aromatic nitrogens is 4. The van der Waals surface area contributed by atoms with Gasteiger partial charge in [-0.15, -0.1) is 0 Å². The first kappa shape index (κ1) is 10.5. The Morgan fingerprint density at radius 1 is 1.47 bits per heavy atom. The highest BCUT2D eigenvalue weighted by atomic mass is 15.3. The highest BCUT2D eigenvalue weighted by Crippen LogP contribution is 2.21. The van der Waals surface area contributed by atoms with E-state index in [1.807, 2.05) is 4.68 Å². The summed E-state index contributed by atoms with van der Waals surface area (Å²) < 4.78 is 1.87. The Bertz CT molecular complexity index is 545. The van der Waals surface area contributed by atoms with Gasteiger partial charge >= 0.3 is 0 Å². The van der Waals surface area contributed by atoms with Crippen molar-refractivity contribution in [1.82, 2.24) is 25.1 Å². The van der Waals surface area contributed by atoms with E-state index >= 15 is 0 Å². The molecule has 0 aliphatic carbocycles. The molecule has 0 amide bonds. The third kappa shape index (κ3) is 1.66. The maximum Gasteiger partial charge on any atom is 0.162 e. The van der Waals surface area contributed by atoms with Crippen molar-refractivity contribution < 1.29 is 0 Å². The lowest BCUT2D eigenvalue weighted by Gasteiger charge is -2.23. The third-order valence-electron chi connectivity index (χ3n) is 3.16. The van der Waals surface area contributed by atoms with Crippen LogP contribution in [0.1, 0.15) is 18.9 Å². The predicted octanol–water partition coefficient (Wildman–Crippen LogP) is -0.873. The second kappa shape index (κ2) is 3.99. The number of nitrogens with two attached hydrogens (primary N) is 1. The fourth-order valence-corrected chi connectivity index (χ4v) is 2.32. The van der Waals surface area contributed by atoms with E-state index in [0.717, 1.165) is 31.6 Å². The third-order valence-corrected chi connectivity index (χ3v) is 3.16. The van der Waals surface area contributed by atoms with E-state index in [-0.39, 0.29) is 6.04 Å². The van der Waals surface area contributed by atoms with Crippen LogP contribution in [0.4, 0.5) is 5.82 Å². The van der Waals surface area contributed by atoms with Gasteiger partial charge in [0.2, 0.25) is 0 Å². The number of nitrogens with one attached hydrogen (secondary N) is 1. The molecule has 0 bridgehead atoms. The van der Waals surface area contributed by atoms with Gasteiger partial charge in [0.1, 0.15) is 20.0 Å². The monoisotopic (exact) mass is 228 g/mol. The lowest BCUT2D eigenvalue weighted by atomic mass is 10.0. The minimum atomic E-state index is 0.290. The minimum absolute atomic E-state index is 0.290. The summed E-state index contributed by atoms with van der Waals surface area (Å²) in [5.74, 6) is 0.391. The van der Waals surface area contributed by atoms with Crippen LogP contribution < -0.4 is 16.6 Å². The standard InChI is InChI=1S/C10H13BN6/c11-8-7-9(12)14-5-15-10(7)17(16-8)6-2-1-3-13-4-6/h5-6,13H,1-4H2,(H2,12,14,15)/t6-/m1/s1. The molecule has 1 fully saturated rings. The van der Waals surface area contributed by atoms with E-state index in [2.05, 4.69) is 20.4 Å². The molecule has 2 aromatic heterocycles. The number of hydrogen-bond acceptors (Lipinski definition) is 5. The summed E-state index contributed by atoms with van der Waals surface area (Å²) in [5, 5.41) is 8.36. The lowest BCUT2D eigenvalue weighted by Crippen LogP contribution is -2.32. The van der Waals surface area contributed by atoms with Crippen molar-refractivity contribution >= 4 is 30.3 Å². The molecule has 0 spiro atoms. The zero-order valence-corrected chi connectivity index (χ0v) is 9.43. The number of nitrogen functional groups attached to an aromatic ring is 1. The van der Waals surface area contributed by atoms with E-state index < -0.39 is 0 Å². The maximum absolute atomic E-state index is 5.87. The van der Waals surface area contributed by atoms with Gasteiger partial charge in [-0.3, -0.25) is 0 Å². The number of nitrogens with zero attached hydrogens (tertiary/aromatic N) is 4. The molecular formula is C10H13BN6. The Morgan fingerprint density at radius 2 is 2.35 bits per heavy atom. The van der Waals surface area contributed by atoms with Crippen molar-refractivity contribution in [3.63, 3.8) is 0 Å². The first-order valence-corrected chi connectivity index (χ1v) is 5.72. The second-order valence-electron chi connectivity index (χ2n) is 4.29. The first-order valence-electron chi connectivity index (χ1n) is 5.72. The number of rotatable bonds is 1. The van der Waals surface area contributed by atoms with Crippen molar-refractivity contribution in [2.75, 3.05) is 18.8 Å². The largest absolute Gasteiger partial charge is 0.383 e. The van der Waals surface area contributed by atoms with Crippen molar-refractivity contribution in [1.29, 1.82) is 0 Å². The quantitative estimate of drug-likeness (QED) is 0.620. The molecule has 1 saturated heterocycles. The molecule has 3 rings (SSSR count). The van der Waals surface area contributed by atoms with Gasteiger partial charge < -0.3 is 11.1 Å². The van der Waals surface area contributed by atoms with Crippen LogP contribution in [0.5, 0.6) is 0 Å². The van der Waals surface area contributed by atoms with Gasteiger partial charge in [-0.05, 0) is 19.4 Å². The van der Waals surface area contributed by atoms with Crippen molar-refractivity contribution in [3.05, 3.63) is 6.33 Å². The average Bonchev–Trinajstić information content (AvgIpc) is 2.69. The Labute approximate surface area is 100 Å². The van der Waals surface area contributed by atoms with Gasteiger partial charge in [0.05, 0.1) is 11.4 Å². The van der Waals surface area contributed by atoms with E-state index in [4.69, 9.17) is 13.6 Å². The predicted molar refractivity (Wildman–Crippen MR) is 66.3 cm³/mol. The zero-order valence-electron chi connectivity index (χ0n) is 9.43. The molecule has 1 aliphatic heterocycles. The van der Waals surface area contributed by atoms with Crippen LogP contribution >= 0.6 is 0 Å². The first-order chi connectivity index (χ1) is 8.27. The average molecular weight is 228 g/mol.